The summed E-state index contributed by atoms with van der Waals surface area (Å²) in [6, 6.07) is 8.37. The van der Waals surface area contributed by atoms with E-state index in [0.29, 0.717) is 12.5 Å². The average Bonchev–Trinajstić information content (AvgIpc) is 2.69. The molecule has 0 aromatic heterocycles. The third-order valence-electron chi connectivity index (χ3n) is 5.20. The summed E-state index contributed by atoms with van der Waals surface area (Å²) in [4.78, 5) is 0. The molecule has 1 aromatic carbocycles. The Morgan fingerprint density at radius 2 is 1.77 bits per heavy atom. The van der Waals surface area contributed by atoms with Crippen molar-refractivity contribution in [3.8, 4) is 5.75 Å². The fourth-order valence-corrected chi connectivity index (χ4v) is 3.71. The summed E-state index contributed by atoms with van der Waals surface area (Å²) >= 11 is 0. The van der Waals surface area contributed by atoms with Gasteiger partial charge in [-0.05, 0) is 43.9 Å². The molecule has 2 rings (SSSR count). The second kappa shape index (κ2) is 6.16. The van der Waals surface area contributed by atoms with Crippen molar-refractivity contribution >= 4 is 0 Å². The Bertz CT molecular complexity index is 644. The van der Waals surface area contributed by atoms with E-state index >= 15 is 0 Å². The van der Waals surface area contributed by atoms with E-state index < -0.39 is 0 Å². The predicted molar refractivity (Wildman–Crippen MR) is 95.4 cm³/mol. The summed E-state index contributed by atoms with van der Waals surface area (Å²) < 4.78 is 5.90. The van der Waals surface area contributed by atoms with Gasteiger partial charge in [0, 0.05) is 11.0 Å². The van der Waals surface area contributed by atoms with Crippen molar-refractivity contribution in [2.75, 3.05) is 6.61 Å². The van der Waals surface area contributed by atoms with Crippen LogP contribution in [0.5, 0.6) is 5.75 Å². The SMILES string of the molecule is C=CCOc1ccccc1C(C)(C)C1=C(C)C(C)C(C)=C1C. The van der Waals surface area contributed by atoms with Gasteiger partial charge in [0.2, 0.25) is 0 Å². The highest BCUT2D eigenvalue weighted by atomic mass is 16.5. The van der Waals surface area contributed by atoms with Gasteiger partial charge in [0.05, 0.1) is 0 Å². The molecule has 0 saturated heterocycles. The van der Waals surface area contributed by atoms with Crippen molar-refractivity contribution in [2.45, 2.75) is 47.0 Å². The van der Waals surface area contributed by atoms with Crippen molar-refractivity contribution < 1.29 is 4.74 Å². The Morgan fingerprint density at radius 3 is 2.32 bits per heavy atom. The predicted octanol–water partition coefficient (Wildman–Crippen LogP) is 5.83. The lowest BCUT2D eigenvalue weighted by atomic mass is 9.73. The smallest absolute Gasteiger partial charge is 0.123 e. The van der Waals surface area contributed by atoms with Gasteiger partial charge < -0.3 is 4.74 Å². The van der Waals surface area contributed by atoms with Gasteiger partial charge in [-0.15, -0.1) is 0 Å². The minimum Gasteiger partial charge on any atom is -0.489 e. The number of para-hydroxylation sites is 1. The molecule has 0 radical (unpaired) electrons. The van der Waals surface area contributed by atoms with Crippen LogP contribution in [0.25, 0.3) is 0 Å². The molecule has 1 heteroatoms. The standard InChI is InChI=1S/C21H28O/c1-8-13-22-19-12-10-9-11-18(19)21(6,7)20-16(4)14(2)15(3)17(20)5/h8-12,14H,1,13H2,2-7H3. The monoisotopic (exact) mass is 296 g/mol. The largest absolute Gasteiger partial charge is 0.489 e. The number of rotatable bonds is 5. The number of hydrogen-bond acceptors (Lipinski definition) is 1. The topological polar surface area (TPSA) is 9.23 Å². The molecule has 0 heterocycles. The van der Waals surface area contributed by atoms with Crippen LogP contribution < -0.4 is 4.74 Å². The van der Waals surface area contributed by atoms with Gasteiger partial charge in [-0.1, -0.05) is 62.8 Å². The van der Waals surface area contributed by atoms with Crippen LogP contribution in [0.3, 0.4) is 0 Å². The summed E-state index contributed by atoms with van der Waals surface area (Å²) in [5.74, 6) is 1.49. The normalized spacial score (nSPS) is 18.9. The average molecular weight is 296 g/mol. The van der Waals surface area contributed by atoms with Crippen molar-refractivity contribution in [3.63, 3.8) is 0 Å². The van der Waals surface area contributed by atoms with E-state index in [2.05, 4.69) is 66.3 Å². The van der Waals surface area contributed by atoms with Gasteiger partial charge in [-0.25, -0.2) is 0 Å². The van der Waals surface area contributed by atoms with Gasteiger partial charge in [-0.3, -0.25) is 0 Å². The fraction of sp³-hybridized carbons (Fsp3) is 0.429. The van der Waals surface area contributed by atoms with Crippen LogP contribution in [0.4, 0.5) is 0 Å². The van der Waals surface area contributed by atoms with Crippen LogP contribution in [0.15, 0.2) is 59.2 Å². The summed E-state index contributed by atoms with van der Waals surface area (Å²) in [5, 5.41) is 0. The highest BCUT2D eigenvalue weighted by Gasteiger charge is 2.36. The van der Waals surface area contributed by atoms with E-state index in [1.165, 1.54) is 27.9 Å². The van der Waals surface area contributed by atoms with Crippen LogP contribution in [0, 0.1) is 5.92 Å². The zero-order valence-electron chi connectivity index (χ0n) is 14.8. The first-order valence-corrected chi connectivity index (χ1v) is 8.04. The van der Waals surface area contributed by atoms with Crippen molar-refractivity contribution in [1.29, 1.82) is 0 Å². The summed E-state index contributed by atoms with van der Waals surface area (Å²) in [6.07, 6.45) is 1.79. The van der Waals surface area contributed by atoms with Gasteiger partial charge in [-0.2, -0.15) is 0 Å². The molecule has 0 N–H and O–H groups in total. The molecule has 1 aliphatic carbocycles. The first-order valence-electron chi connectivity index (χ1n) is 8.04. The molecule has 118 valence electrons. The summed E-state index contributed by atoms with van der Waals surface area (Å²) in [6.45, 7) is 18.0. The molecule has 0 aliphatic heterocycles. The fourth-order valence-electron chi connectivity index (χ4n) is 3.71. The molecule has 1 aromatic rings. The van der Waals surface area contributed by atoms with Crippen LogP contribution in [-0.2, 0) is 5.41 Å². The van der Waals surface area contributed by atoms with Gasteiger partial charge >= 0.3 is 0 Å². The second-order valence-electron chi connectivity index (χ2n) is 6.81. The Kier molecular flexibility index (Phi) is 4.65. The van der Waals surface area contributed by atoms with E-state index in [4.69, 9.17) is 4.74 Å². The molecule has 1 nitrogen and oxygen atoms in total. The number of ether oxygens (including phenoxy) is 1. The minimum absolute atomic E-state index is 0.0715. The molecular weight excluding hydrogens is 268 g/mol. The third kappa shape index (κ3) is 2.65. The Labute approximate surface area is 135 Å². The van der Waals surface area contributed by atoms with Gasteiger partial charge in [0.15, 0.2) is 0 Å². The van der Waals surface area contributed by atoms with E-state index in [1.807, 2.05) is 6.07 Å². The molecule has 0 fully saturated rings. The summed E-state index contributed by atoms with van der Waals surface area (Å²) in [5.41, 5.74) is 7.05. The lowest BCUT2D eigenvalue weighted by Crippen LogP contribution is -2.23. The first kappa shape index (κ1) is 16.6. The number of hydrogen-bond donors (Lipinski definition) is 0. The van der Waals surface area contributed by atoms with Gasteiger partial charge in [0.1, 0.15) is 12.4 Å². The second-order valence-corrected chi connectivity index (χ2v) is 6.81. The van der Waals surface area contributed by atoms with E-state index in [-0.39, 0.29) is 5.41 Å². The zero-order valence-corrected chi connectivity index (χ0v) is 14.8. The maximum Gasteiger partial charge on any atom is 0.123 e. The van der Waals surface area contributed by atoms with Crippen LogP contribution in [0.1, 0.15) is 47.1 Å². The van der Waals surface area contributed by atoms with Crippen molar-refractivity contribution in [3.05, 3.63) is 64.8 Å². The third-order valence-corrected chi connectivity index (χ3v) is 5.20. The Morgan fingerprint density at radius 1 is 1.14 bits per heavy atom. The highest BCUT2D eigenvalue weighted by molar-refractivity contribution is 5.57. The quantitative estimate of drug-likeness (QED) is 0.621. The zero-order chi connectivity index (χ0) is 16.5. The maximum atomic E-state index is 5.90. The first-order chi connectivity index (χ1) is 10.3. The lowest BCUT2D eigenvalue weighted by molar-refractivity contribution is 0.353. The number of benzene rings is 1. The maximum absolute atomic E-state index is 5.90. The van der Waals surface area contributed by atoms with Crippen LogP contribution in [-0.4, -0.2) is 6.61 Å². The molecular formula is C21H28O. The molecule has 1 atom stereocenters. The summed E-state index contributed by atoms with van der Waals surface area (Å²) in [7, 11) is 0. The van der Waals surface area contributed by atoms with Crippen LogP contribution in [0.2, 0.25) is 0 Å². The van der Waals surface area contributed by atoms with Crippen molar-refractivity contribution in [2.24, 2.45) is 5.92 Å². The van der Waals surface area contributed by atoms with E-state index in [0.717, 1.165) is 5.75 Å². The van der Waals surface area contributed by atoms with Crippen molar-refractivity contribution in [1.82, 2.24) is 0 Å². The molecule has 0 saturated carbocycles. The molecule has 0 bridgehead atoms. The highest BCUT2D eigenvalue weighted by Crippen LogP contribution is 2.48. The lowest BCUT2D eigenvalue weighted by Gasteiger charge is -2.31. The molecule has 0 spiro atoms. The van der Waals surface area contributed by atoms with E-state index in [1.54, 1.807) is 6.08 Å². The number of allylic oxidation sites excluding steroid dienone is 4. The molecule has 1 aliphatic rings. The molecule has 1 unspecified atom stereocenters. The molecule has 0 amide bonds. The Balaban J connectivity index is 2.54. The molecule has 22 heavy (non-hydrogen) atoms. The van der Waals surface area contributed by atoms with Gasteiger partial charge in [0.25, 0.3) is 0 Å². The minimum atomic E-state index is -0.0715. The van der Waals surface area contributed by atoms with E-state index in [9.17, 15) is 0 Å². The Hall–Kier alpha value is -1.76. The van der Waals surface area contributed by atoms with Crippen LogP contribution >= 0.6 is 0 Å².